The molecule has 0 amide bonds. The molecular formula is C15H18N6. The number of hydrogen-bond acceptors (Lipinski definition) is 6. The molecule has 1 spiro atoms. The van der Waals surface area contributed by atoms with Crippen molar-refractivity contribution < 1.29 is 0 Å². The van der Waals surface area contributed by atoms with Crippen LogP contribution in [0.2, 0.25) is 0 Å². The first-order valence-corrected chi connectivity index (χ1v) is 7.14. The van der Waals surface area contributed by atoms with Gasteiger partial charge in [0.1, 0.15) is 5.66 Å². The van der Waals surface area contributed by atoms with E-state index in [0.29, 0.717) is 11.5 Å². The summed E-state index contributed by atoms with van der Waals surface area (Å²) in [6.45, 7) is 0. The predicted octanol–water partition coefficient (Wildman–Crippen LogP) is 1.67. The molecule has 6 nitrogen and oxygen atoms in total. The molecule has 108 valence electrons. The molecule has 0 saturated heterocycles. The molecule has 21 heavy (non-hydrogen) atoms. The molecule has 1 aromatic rings. The van der Waals surface area contributed by atoms with Crippen LogP contribution >= 0.6 is 0 Å². The number of benzene rings is 1. The van der Waals surface area contributed by atoms with Gasteiger partial charge >= 0.3 is 0 Å². The maximum Gasteiger partial charge on any atom is 0.220 e. The first kappa shape index (κ1) is 13.4. The van der Waals surface area contributed by atoms with Gasteiger partial charge in [-0.3, -0.25) is 4.90 Å². The fourth-order valence-corrected chi connectivity index (χ4v) is 3.18. The number of nitrogens with two attached hydrogens (primary N) is 2. The van der Waals surface area contributed by atoms with E-state index in [1.807, 2.05) is 17.0 Å². The van der Waals surface area contributed by atoms with Crippen LogP contribution in [0.15, 0.2) is 34.3 Å². The summed E-state index contributed by atoms with van der Waals surface area (Å²) in [6, 6.07) is 9.44. The van der Waals surface area contributed by atoms with Crippen LogP contribution in [0.25, 0.3) is 0 Å². The second kappa shape index (κ2) is 5.09. The fourth-order valence-electron chi connectivity index (χ4n) is 3.18. The smallest absolute Gasteiger partial charge is 0.220 e. The maximum atomic E-state index is 8.92. The summed E-state index contributed by atoms with van der Waals surface area (Å²) < 4.78 is 0. The highest BCUT2D eigenvalue weighted by Gasteiger charge is 2.42. The predicted molar refractivity (Wildman–Crippen MR) is 82.7 cm³/mol. The number of nitrogens with zero attached hydrogens (tertiary/aromatic N) is 4. The topological polar surface area (TPSA) is 104 Å². The molecule has 4 N–H and O–H groups in total. The van der Waals surface area contributed by atoms with Gasteiger partial charge in [0, 0.05) is 5.69 Å². The third kappa shape index (κ3) is 2.31. The minimum absolute atomic E-state index is 0.249. The van der Waals surface area contributed by atoms with Gasteiger partial charge in [0.15, 0.2) is 0 Å². The fraction of sp³-hybridized carbons (Fsp3) is 0.400. The first-order valence-electron chi connectivity index (χ1n) is 7.14. The monoisotopic (exact) mass is 282 g/mol. The van der Waals surface area contributed by atoms with Gasteiger partial charge in [-0.15, -0.1) is 0 Å². The lowest BCUT2D eigenvalue weighted by molar-refractivity contribution is 0.305. The average molecular weight is 282 g/mol. The van der Waals surface area contributed by atoms with Gasteiger partial charge in [-0.2, -0.15) is 10.3 Å². The molecule has 0 unspecified atom stereocenters. The van der Waals surface area contributed by atoms with E-state index in [-0.39, 0.29) is 5.96 Å². The Morgan fingerprint density at radius 1 is 1.10 bits per heavy atom. The Morgan fingerprint density at radius 2 is 1.76 bits per heavy atom. The van der Waals surface area contributed by atoms with Crippen LogP contribution < -0.4 is 16.4 Å². The summed E-state index contributed by atoms with van der Waals surface area (Å²) >= 11 is 0. The molecule has 0 atom stereocenters. The molecule has 0 radical (unpaired) electrons. The lowest BCUT2D eigenvalue weighted by atomic mass is 9.87. The van der Waals surface area contributed by atoms with Gasteiger partial charge in [-0.1, -0.05) is 6.42 Å². The molecule has 6 heteroatoms. The van der Waals surface area contributed by atoms with E-state index in [4.69, 9.17) is 16.7 Å². The number of aliphatic imine (C=N–C) groups is 2. The normalized spacial score (nSPS) is 20.6. The molecule has 2 aliphatic rings. The van der Waals surface area contributed by atoms with Crippen molar-refractivity contribution in [3.05, 3.63) is 29.8 Å². The Labute approximate surface area is 123 Å². The van der Waals surface area contributed by atoms with E-state index in [1.165, 1.54) is 6.42 Å². The molecule has 3 rings (SSSR count). The Hall–Kier alpha value is -2.55. The average Bonchev–Trinajstić information content (AvgIpc) is 2.48. The summed E-state index contributed by atoms with van der Waals surface area (Å²) in [6.07, 6.45) is 5.21. The Bertz CT molecular complexity index is 631. The second-order valence-electron chi connectivity index (χ2n) is 5.48. The summed E-state index contributed by atoms with van der Waals surface area (Å²) in [5, 5.41) is 8.92. The van der Waals surface area contributed by atoms with E-state index in [2.05, 4.69) is 16.1 Å². The van der Waals surface area contributed by atoms with Gasteiger partial charge in [0.25, 0.3) is 0 Å². The maximum absolute atomic E-state index is 8.92. The van der Waals surface area contributed by atoms with Gasteiger partial charge < -0.3 is 11.5 Å². The van der Waals surface area contributed by atoms with Crippen LogP contribution in [0.1, 0.15) is 37.7 Å². The first-order chi connectivity index (χ1) is 10.1. The lowest BCUT2D eigenvalue weighted by Gasteiger charge is -2.45. The van der Waals surface area contributed by atoms with Crippen LogP contribution in [-0.4, -0.2) is 17.6 Å². The molecule has 1 heterocycles. The van der Waals surface area contributed by atoms with Crippen molar-refractivity contribution in [1.82, 2.24) is 0 Å². The lowest BCUT2D eigenvalue weighted by Crippen LogP contribution is -2.58. The molecular weight excluding hydrogens is 264 g/mol. The Morgan fingerprint density at radius 3 is 2.38 bits per heavy atom. The SMILES string of the molecule is N#Cc1ccc(N2C(N)=NC(N)=NC23CCCCC3)cc1. The Kier molecular flexibility index (Phi) is 3.26. The summed E-state index contributed by atoms with van der Waals surface area (Å²) in [5.74, 6) is 0.619. The van der Waals surface area contributed by atoms with Crippen LogP contribution in [-0.2, 0) is 0 Å². The van der Waals surface area contributed by atoms with E-state index >= 15 is 0 Å². The molecule has 0 aromatic heterocycles. The molecule has 1 fully saturated rings. The van der Waals surface area contributed by atoms with Crippen LogP contribution in [0.5, 0.6) is 0 Å². The zero-order chi connectivity index (χ0) is 14.9. The molecule has 1 aromatic carbocycles. The van der Waals surface area contributed by atoms with Crippen molar-refractivity contribution in [2.75, 3.05) is 4.90 Å². The minimum atomic E-state index is -0.428. The van der Waals surface area contributed by atoms with Crippen molar-refractivity contribution in [1.29, 1.82) is 5.26 Å². The highest BCUT2D eigenvalue weighted by Crippen LogP contribution is 2.39. The third-order valence-electron chi connectivity index (χ3n) is 4.11. The van der Waals surface area contributed by atoms with Crippen LogP contribution in [0.3, 0.4) is 0 Å². The number of nitriles is 1. The number of hydrogen-bond donors (Lipinski definition) is 2. The third-order valence-corrected chi connectivity index (χ3v) is 4.11. The van der Waals surface area contributed by atoms with Crippen LogP contribution in [0.4, 0.5) is 5.69 Å². The van der Waals surface area contributed by atoms with Crippen LogP contribution in [0, 0.1) is 11.3 Å². The van der Waals surface area contributed by atoms with Crippen molar-refractivity contribution in [3.8, 4) is 6.07 Å². The van der Waals surface area contributed by atoms with E-state index in [0.717, 1.165) is 31.4 Å². The molecule has 1 aliphatic heterocycles. The van der Waals surface area contributed by atoms with Gasteiger partial charge in [-0.25, -0.2) is 4.99 Å². The zero-order valence-corrected chi connectivity index (χ0v) is 11.8. The van der Waals surface area contributed by atoms with Crippen molar-refractivity contribution in [2.45, 2.75) is 37.8 Å². The molecule has 0 bridgehead atoms. The largest absolute Gasteiger partial charge is 0.369 e. The minimum Gasteiger partial charge on any atom is -0.369 e. The van der Waals surface area contributed by atoms with Gasteiger partial charge in [0.05, 0.1) is 11.6 Å². The highest BCUT2D eigenvalue weighted by atomic mass is 15.4. The summed E-state index contributed by atoms with van der Waals surface area (Å²) in [5.41, 5.74) is 13.0. The summed E-state index contributed by atoms with van der Waals surface area (Å²) in [4.78, 5) is 10.7. The number of rotatable bonds is 1. The highest BCUT2D eigenvalue weighted by molar-refractivity contribution is 6.05. The quantitative estimate of drug-likeness (QED) is 0.817. The number of anilines is 1. The van der Waals surface area contributed by atoms with E-state index in [1.54, 1.807) is 12.1 Å². The standard InChI is InChI=1S/C15H18N6/c16-10-11-4-6-12(7-5-11)21-14(18)19-13(17)20-15(21)8-2-1-3-9-15/h4-7H,1-3,8-9H2,(H4,17,18,19,20). The summed E-state index contributed by atoms with van der Waals surface area (Å²) in [7, 11) is 0. The zero-order valence-electron chi connectivity index (χ0n) is 11.8. The van der Waals surface area contributed by atoms with Gasteiger partial charge in [-0.05, 0) is 49.9 Å². The van der Waals surface area contributed by atoms with E-state index < -0.39 is 5.66 Å². The second-order valence-corrected chi connectivity index (χ2v) is 5.48. The van der Waals surface area contributed by atoms with Crippen molar-refractivity contribution in [2.24, 2.45) is 21.5 Å². The van der Waals surface area contributed by atoms with E-state index in [9.17, 15) is 0 Å². The van der Waals surface area contributed by atoms with Gasteiger partial charge in [0.2, 0.25) is 11.9 Å². The van der Waals surface area contributed by atoms with Crippen molar-refractivity contribution >= 4 is 17.6 Å². The van der Waals surface area contributed by atoms with Crippen molar-refractivity contribution in [3.63, 3.8) is 0 Å². The molecule has 1 aliphatic carbocycles. The molecule has 1 saturated carbocycles. The Balaban J connectivity index is 2.04. The number of guanidine groups is 2.